The minimum atomic E-state index is -0.959. The molecule has 0 spiro atoms. The van der Waals surface area contributed by atoms with Gasteiger partial charge in [0.25, 0.3) is 0 Å². The number of nitrogens with zero attached hydrogens (tertiary/aromatic N) is 3. The lowest BCUT2D eigenvalue weighted by molar-refractivity contribution is 0.0697. The molecule has 0 amide bonds. The maximum Gasteiger partial charge on any atom is 0.335 e. The summed E-state index contributed by atoms with van der Waals surface area (Å²) in [4.78, 5) is 10.9. The molecule has 0 saturated heterocycles. The van der Waals surface area contributed by atoms with E-state index in [1.807, 2.05) is 6.92 Å². The third-order valence-corrected chi connectivity index (χ3v) is 2.59. The summed E-state index contributed by atoms with van der Waals surface area (Å²) in [5.74, 6) is -0.959. The summed E-state index contributed by atoms with van der Waals surface area (Å²) in [7, 11) is 1.62. The van der Waals surface area contributed by atoms with Gasteiger partial charge in [0.05, 0.1) is 23.7 Å². The molecular weight excluding hydrogens is 222 g/mol. The summed E-state index contributed by atoms with van der Waals surface area (Å²) in [5, 5.41) is 16.9. The Hall–Kier alpha value is -1.95. The Morgan fingerprint density at radius 3 is 3.00 bits per heavy atom. The van der Waals surface area contributed by atoms with Crippen LogP contribution in [-0.2, 0) is 11.3 Å². The van der Waals surface area contributed by atoms with E-state index in [1.54, 1.807) is 23.9 Å². The van der Waals surface area contributed by atoms with Gasteiger partial charge in [-0.25, -0.2) is 9.48 Å². The Bertz CT molecular complexity index is 550. The summed E-state index contributed by atoms with van der Waals surface area (Å²) in [5.41, 5.74) is 1.61. The molecule has 0 radical (unpaired) electrons. The summed E-state index contributed by atoms with van der Waals surface area (Å²) in [6.07, 6.45) is -0.00613. The van der Waals surface area contributed by atoms with Crippen molar-refractivity contribution >= 4 is 17.0 Å². The number of benzene rings is 1. The molecule has 1 N–H and O–H groups in total. The molecule has 0 aliphatic rings. The van der Waals surface area contributed by atoms with Gasteiger partial charge < -0.3 is 9.84 Å². The van der Waals surface area contributed by atoms with Crippen LogP contribution in [-0.4, -0.2) is 39.3 Å². The van der Waals surface area contributed by atoms with Crippen molar-refractivity contribution in [1.29, 1.82) is 0 Å². The molecule has 1 aromatic carbocycles. The van der Waals surface area contributed by atoms with Crippen LogP contribution < -0.4 is 0 Å². The number of hydrogen-bond acceptors (Lipinski definition) is 4. The molecule has 6 nitrogen and oxygen atoms in total. The highest BCUT2D eigenvalue weighted by molar-refractivity contribution is 5.92. The number of carboxylic acids is 1. The zero-order valence-corrected chi connectivity index (χ0v) is 9.62. The zero-order chi connectivity index (χ0) is 12.4. The first-order valence-corrected chi connectivity index (χ1v) is 5.21. The maximum absolute atomic E-state index is 10.9. The average molecular weight is 235 g/mol. The van der Waals surface area contributed by atoms with Crippen molar-refractivity contribution in [1.82, 2.24) is 15.0 Å². The fourth-order valence-electron chi connectivity index (χ4n) is 1.55. The van der Waals surface area contributed by atoms with Crippen molar-refractivity contribution in [2.45, 2.75) is 19.6 Å². The van der Waals surface area contributed by atoms with Crippen molar-refractivity contribution in [3.05, 3.63) is 23.8 Å². The number of aromatic carboxylic acids is 1. The fourth-order valence-corrected chi connectivity index (χ4v) is 1.55. The smallest absolute Gasteiger partial charge is 0.335 e. The van der Waals surface area contributed by atoms with Crippen molar-refractivity contribution in [2.24, 2.45) is 0 Å². The largest absolute Gasteiger partial charge is 0.478 e. The third-order valence-electron chi connectivity index (χ3n) is 2.59. The molecule has 0 fully saturated rings. The van der Waals surface area contributed by atoms with Gasteiger partial charge in [0.2, 0.25) is 0 Å². The monoisotopic (exact) mass is 235 g/mol. The number of fused-ring (bicyclic) bond motifs is 1. The topological polar surface area (TPSA) is 77.2 Å². The van der Waals surface area contributed by atoms with Crippen molar-refractivity contribution in [3.63, 3.8) is 0 Å². The van der Waals surface area contributed by atoms with E-state index in [9.17, 15) is 4.79 Å². The van der Waals surface area contributed by atoms with Crippen LogP contribution in [0.1, 0.15) is 17.3 Å². The average Bonchev–Trinajstić information content (AvgIpc) is 2.71. The summed E-state index contributed by atoms with van der Waals surface area (Å²) < 4.78 is 6.79. The minimum Gasteiger partial charge on any atom is -0.478 e. The molecular formula is C11H13N3O3. The van der Waals surface area contributed by atoms with Gasteiger partial charge in [0, 0.05) is 7.11 Å². The number of hydrogen-bond donors (Lipinski definition) is 1. The molecule has 0 saturated carbocycles. The van der Waals surface area contributed by atoms with E-state index >= 15 is 0 Å². The predicted octanol–water partition coefficient (Wildman–Crippen LogP) is 1.16. The molecule has 1 atom stereocenters. The van der Waals surface area contributed by atoms with Crippen molar-refractivity contribution < 1.29 is 14.6 Å². The van der Waals surface area contributed by atoms with Crippen LogP contribution in [0.4, 0.5) is 0 Å². The van der Waals surface area contributed by atoms with Gasteiger partial charge in [-0.15, -0.1) is 5.10 Å². The van der Waals surface area contributed by atoms with Gasteiger partial charge in [0.15, 0.2) is 0 Å². The van der Waals surface area contributed by atoms with Crippen molar-refractivity contribution in [3.8, 4) is 0 Å². The Morgan fingerprint density at radius 1 is 1.59 bits per heavy atom. The quantitative estimate of drug-likeness (QED) is 0.860. The lowest BCUT2D eigenvalue weighted by Gasteiger charge is -2.09. The van der Waals surface area contributed by atoms with Crippen molar-refractivity contribution in [2.75, 3.05) is 7.11 Å². The normalized spacial score (nSPS) is 12.8. The predicted molar refractivity (Wildman–Crippen MR) is 61.0 cm³/mol. The number of rotatable bonds is 4. The van der Waals surface area contributed by atoms with E-state index in [0.29, 0.717) is 17.6 Å². The third kappa shape index (κ3) is 2.26. The van der Waals surface area contributed by atoms with Gasteiger partial charge in [0.1, 0.15) is 5.52 Å². The Kier molecular flexibility index (Phi) is 3.06. The molecule has 0 bridgehead atoms. The zero-order valence-electron chi connectivity index (χ0n) is 9.62. The number of carboxylic acid groups (broad SMARTS) is 1. The highest BCUT2D eigenvalue weighted by Crippen LogP contribution is 2.14. The molecule has 0 aliphatic heterocycles. The molecule has 2 rings (SSSR count). The second-order valence-electron chi connectivity index (χ2n) is 3.83. The van der Waals surface area contributed by atoms with E-state index in [-0.39, 0.29) is 11.7 Å². The van der Waals surface area contributed by atoms with E-state index < -0.39 is 5.97 Å². The number of carbonyl (C=O) groups is 1. The van der Waals surface area contributed by atoms with Crippen LogP contribution in [0.25, 0.3) is 11.0 Å². The highest BCUT2D eigenvalue weighted by Gasteiger charge is 2.11. The summed E-state index contributed by atoms with van der Waals surface area (Å²) >= 11 is 0. The van der Waals surface area contributed by atoms with Gasteiger partial charge >= 0.3 is 5.97 Å². The van der Waals surface area contributed by atoms with Crippen LogP contribution >= 0.6 is 0 Å². The molecule has 90 valence electrons. The highest BCUT2D eigenvalue weighted by atomic mass is 16.5. The molecule has 1 aromatic heterocycles. The van der Waals surface area contributed by atoms with Crippen LogP contribution in [0, 0.1) is 0 Å². The standard InChI is InChI=1S/C11H13N3O3/c1-7(17-2)6-14-10-5-8(11(15)16)3-4-9(10)12-13-14/h3-5,7H,6H2,1-2H3,(H,15,16). The maximum atomic E-state index is 10.9. The van der Waals surface area contributed by atoms with Crippen LogP contribution in [0.3, 0.4) is 0 Å². The molecule has 17 heavy (non-hydrogen) atoms. The summed E-state index contributed by atoms with van der Waals surface area (Å²) in [6.45, 7) is 2.45. The second kappa shape index (κ2) is 4.50. The first-order valence-electron chi connectivity index (χ1n) is 5.21. The molecule has 2 aromatic rings. The Morgan fingerprint density at radius 2 is 2.35 bits per heavy atom. The van der Waals surface area contributed by atoms with Crippen LogP contribution in [0.15, 0.2) is 18.2 Å². The van der Waals surface area contributed by atoms with Gasteiger partial charge in [-0.1, -0.05) is 5.21 Å². The number of methoxy groups -OCH3 is 1. The van der Waals surface area contributed by atoms with E-state index in [2.05, 4.69) is 10.3 Å². The number of ether oxygens (including phenoxy) is 1. The van der Waals surface area contributed by atoms with Gasteiger partial charge in [-0.3, -0.25) is 0 Å². The molecule has 1 unspecified atom stereocenters. The second-order valence-corrected chi connectivity index (χ2v) is 3.83. The molecule has 0 aliphatic carbocycles. The fraction of sp³-hybridized carbons (Fsp3) is 0.364. The Balaban J connectivity index is 2.43. The number of aromatic nitrogens is 3. The lowest BCUT2D eigenvalue weighted by atomic mass is 10.2. The van der Waals surface area contributed by atoms with E-state index in [0.717, 1.165) is 0 Å². The summed E-state index contributed by atoms with van der Waals surface area (Å²) in [6, 6.07) is 4.74. The van der Waals surface area contributed by atoms with E-state index in [4.69, 9.17) is 9.84 Å². The van der Waals surface area contributed by atoms with Crippen LogP contribution in [0.2, 0.25) is 0 Å². The van der Waals surface area contributed by atoms with Crippen LogP contribution in [0.5, 0.6) is 0 Å². The first-order chi connectivity index (χ1) is 8.11. The van der Waals surface area contributed by atoms with E-state index in [1.165, 1.54) is 6.07 Å². The first kappa shape index (κ1) is 11.5. The molecule has 6 heteroatoms. The SMILES string of the molecule is COC(C)Cn1nnc2ccc(C(=O)O)cc21. The lowest BCUT2D eigenvalue weighted by Crippen LogP contribution is -2.15. The van der Waals surface area contributed by atoms with Gasteiger partial charge in [-0.2, -0.15) is 0 Å². The minimum absolute atomic E-state index is 0.00613. The van der Waals surface area contributed by atoms with Gasteiger partial charge in [-0.05, 0) is 25.1 Å². The Labute approximate surface area is 97.8 Å². The molecule has 1 heterocycles.